The average Bonchev–Trinajstić information content (AvgIpc) is 3.17. The lowest BCUT2D eigenvalue weighted by Crippen LogP contribution is -2.29. The van der Waals surface area contributed by atoms with Crippen molar-refractivity contribution in [3.05, 3.63) is 52.2 Å². The second-order valence-electron chi connectivity index (χ2n) is 5.48. The number of esters is 1. The molecule has 7 nitrogen and oxygen atoms in total. The Morgan fingerprint density at radius 3 is 2.65 bits per heavy atom. The van der Waals surface area contributed by atoms with Crippen LogP contribution in [0.1, 0.15) is 21.7 Å². The maximum atomic E-state index is 12.4. The average molecular weight is 396 g/mol. The number of carbonyl (C=O) groups excluding carboxylic acids is 2. The van der Waals surface area contributed by atoms with Crippen molar-refractivity contribution in [2.24, 2.45) is 0 Å². The molecule has 1 amide bonds. The maximum Gasteiger partial charge on any atom is 0.307 e. The summed E-state index contributed by atoms with van der Waals surface area (Å²) in [4.78, 5) is 25.9. The standard InChI is InChI=1S/C17H20N2O5S2/c1-19(9-8-16(20)24-2)17(21)13-5-3-7-15(11-13)26(22,23)18-12-14-6-4-10-25-14/h3-7,10-11,18H,8-9,12H2,1-2H3. The topological polar surface area (TPSA) is 92.8 Å². The van der Waals surface area contributed by atoms with Crippen LogP contribution in [-0.4, -0.2) is 45.9 Å². The van der Waals surface area contributed by atoms with Gasteiger partial charge in [0.25, 0.3) is 5.91 Å². The predicted molar refractivity (Wildman–Crippen MR) is 98.4 cm³/mol. The Hall–Kier alpha value is -2.23. The first-order chi connectivity index (χ1) is 12.3. The number of thiophene rings is 1. The smallest absolute Gasteiger partial charge is 0.307 e. The molecule has 0 atom stereocenters. The first-order valence-corrected chi connectivity index (χ1v) is 10.1. The Balaban J connectivity index is 2.08. The van der Waals surface area contributed by atoms with Crippen molar-refractivity contribution in [3.8, 4) is 0 Å². The summed E-state index contributed by atoms with van der Waals surface area (Å²) in [5, 5.41) is 1.87. The minimum Gasteiger partial charge on any atom is -0.469 e. The highest BCUT2D eigenvalue weighted by molar-refractivity contribution is 7.89. The summed E-state index contributed by atoms with van der Waals surface area (Å²) in [5.41, 5.74) is 0.233. The number of ether oxygens (including phenoxy) is 1. The zero-order chi connectivity index (χ0) is 19.2. The quantitative estimate of drug-likeness (QED) is 0.688. The Morgan fingerprint density at radius 1 is 1.23 bits per heavy atom. The van der Waals surface area contributed by atoms with E-state index in [1.165, 1.54) is 47.6 Å². The Labute approximate surface area is 156 Å². The summed E-state index contributed by atoms with van der Waals surface area (Å²) in [6.45, 7) is 0.371. The summed E-state index contributed by atoms with van der Waals surface area (Å²) in [7, 11) is -0.913. The van der Waals surface area contributed by atoms with Crippen LogP contribution in [0.5, 0.6) is 0 Å². The van der Waals surface area contributed by atoms with Crippen molar-refractivity contribution in [1.29, 1.82) is 0 Å². The van der Waals surface area contributed by atoms with Crippen molar-refractivity contribution in [1.82, 2.24) is 9.62 Å². The second-order valence-corrected chi connectivity index (χ2v) is 8.28. The SMILES string of the molecule is COC(=O)CCN(C)C(=O)c1cccc(S(=O)(=O)NCc2cccs2)c1. The molecule has 1 aromatic heterocycles. The minimum absolute atomic E-state index is 0.0151. The van der Waals surface area contributed by atoms with Gasteiger partial charge in [-0.05, 0) is 29.6 Å². The van der Waals surface area contributed by atoms with E-state index in [2.05, 4.69) is 9.46 Å². The molecule has 1 heterocycles. The van der Waals surface area contributed by atoms with Gasteiger partial charge in [-0.1, -0.05) is 12.1 Å². The largest absolute Gasteiger partial charge is 0.469 e. The van der Waals surface area contributed by atoms with E-state index in [1.54, 1.807) is 7.05 Å². The van der Waals surface area contributed by atoms with Gasteiger partial charge in [0, 0.05) is 30.6 Å². The predicted octanol–water partition coefficient (Wildman–Crippen LogP) is 1.86. The van der Waals surface area contributed by atoms with Gasteiger partial charge in [0.2, 0.25) is 10.0 Å². The third-order valence-corrected chi connectivity index (χ3v) is 5.91. The molecule has 140 valence electrons. The van der Waals surface area contributed by atoms with Gasteiger partial charge in [0.1, 0.15) is 0 Å². The van der Waals surface area contributed by atoms with E-state index >= 15 is 0 Å². The number of hydrogen-bond acceptors (Lipinski definition) is 6. The van der Waals surface area contributed by atoms with Gasteiger partial charge in [0.15, 0.2) is 0 Å². The van der Waals surface area contributed by atoms with E-state index in [1.807, 2.05) is 17.5 Å². The van der Waals surface area contributed by atoms with E-state index in [4.69, 9.17) is 0 Å². The maximum absolute atomic E-state index is 12.4. The lowest BCUT2D eigenvalue weighted by molar-refractivity contribution is -0.140. The van der Waals surface area contributed by atoms with E-state index in [0.717, 1.165) is 4.88 Å². The molecule has 0 saturated carbocycles. The van der Waals surface area contributed by atoms with E-state index in [0.29, 0.717) is 0 Å². The number of amides is 1. The van der Waals surface area contributed by atoms with Crippen LogP contribution < -0.4 is 4.72 Å². The van der Waals surface area contributed by atoms with Gasteiger partial charge in [-0.25, -0.2) is 13.1 Å². The van der Waals surface area contributed by atoms with Crippen molar-refractivity contribution < 1.29 is 22.7 Å². The Kier molecular flexibility index (Phi) is 6.90. The first-order valence-electron chi connectivity index (χ1n) is 7.78. The third-order valence-electron chi connectivity index (χ3n) is 3.63. The zero-order valence-corrected chi connectivity index (χ0v) is 16.1. The van der Waals surface area contributed by atoms with Gasteiger partial charge in [-0.2, -0.15) is 0 Å². The van der Waals surface area contributed by atoms with Crippen molar-refractivity contribution in [2.45, 2.75) is 17.9 Å². The molecule has 0 fully saturated rings. The molecule has 1 aromatic carbocycles. The molecule has 0 spiro atoms. The van der Waals surface area contributed by atoms with Crippen LogP contribution in [0.15, 0.2) is 46.7 Å². The lowest BCUT2D eigenvalue weighted by Gasteiger charge is -2.17. The van der Waals surface area contributed by atoms with Crippen LogP contribution >= 0.6 is 11.3 Å². The number of hydrogen-bond donors (Lipinski definition) is 1. The number of nitrogens with one attached hydrogen (secondary N) is 1. The van der Waals surface area contributed by atoms with Crippen molar-refractivity contribution in [2.75, 3.05) is 20.7 Å². The number of nitrogens with zero attached hydrogens (tertiary/aromatic N) is 1. The highest BCUT2D eigenvalue weighted by Gasteiger charge is 2.18. The van der Waals surface area contributed by atoms with Crippen LogP contribution in [0.2, 0.25) is 0 Å². The summed E-state index contributed by atoms with van der Waals surface area (Å²) >= 11 is 1.45. The van der Waals surface area contributed by atoms with Gasteiger partial charge >= 0.3 is 5.97 Å². The monoisotopic (exact) mass is 396 g/mol. The summed E-state index contributed by atoms with van der Waals surface area (Å²) in [5.74, 6) is -0.789. The normalized spacial score (nSPS) is 11.2. The fourth-order valence-corrected chi connectivity index (χ4v) is 3.93. The van der Waals surface area contributed by atoms with Gasteiger partial charge < -0.3 is 9.64 Å². The van der Waals surface area contributed by atoms with E-state index in [9.17, 15) is 18.0 Å². The minimum atomic E-state index is -3.74. The fraction of sp³-hybridized carbons (Fsp3) is 0.294. The van der Waals surface area contributed by atoms with Gasteiger partial charge in [-0.15, -0.1) is 11.3 Å². The molecule has 0 radical (unpaired) electrons. The summed E-state index contributed by atoms with van der Waals surface area (Å²) < 4.78 is 31.9. The molecule has 2 rings (SSSR count). The number of carbonyl (C=O) groups is 2. The molecule has 0 aliphatic rings. The molecule has 0 aliphatic heterocycles. The molecule has 2 aromatic rings. The molecule has 1 N–H and O–H groups in total. The van der Waals surface area contributed by atoms with Crippen molar-refractivity contribution in [3.63, 3.8) is 0 Å². The molecule has 9 heteroatoms. The van der Waals surface area contributed by atoms with Gasteiger partial charge in [0.05, 0.1) is 18.4 Å². The number of methoxy groups -OCH3 is 1. The van der Waals surface area contributed by atoms with E-state index in [-0.39, 0.29) is 35.9 Å². The Bertz CT molecular complexity index is 863. The molecular weight excluding hydrogens is 376 g/mol. The number of benzene rings is 1. The summed E-state index contributed by atoms with van der Waals surface area (Å²) in [6, 6.07) is 9.49. The van der Waals surface area contributed by atoms with Crippen LogP contribution in [0.4, 0.5) is 0 Å². The molecule has 0 unspecified atom stereocenters. The van der Waals surface area contributed by atoms with Crippen LogP contribution in [0.3, 0.4) is 0 Å². The molecule has 0 saturated heterocycles. The van der Waals surface area contributed by atoms with Crippen molar-refractivity contribution >= 4 is 33.2 Å². The molecular formula is C17H20N2O5S2. The lowest BCUT2D eigenvalue weighted by atomic mass is 10.2. The fourth-order valence-electron chi connectivity index (χ4n) is 2.14. The highest BCUT2D eigenvalue weighted by Crippen LogP contribution is 2.15. The number of rotatable bonds is 8. The van der Waals surface area contributed by atoms with Gasteiger partial charge in [-0.3, -0.25) is 9.59 Å². The highest BCUT2D eigenvalue weighted by atomic mass is 32.2. The van der Waals surface area contributed by atoms with Crippen LogP contribution in [0.25, 0.3) is 0 Å². The Morgan fingerprint density at radius 2 is 2.00 bits per heavy atom. The molecule has 0 bridgehead atoms. The summed E-state index contributed by atoms with van der Waals surface area (Å²) in [6.07, 6.45) is 0.0686. The van der Waals surface area contributed by atoms with Crippen LogP contribution in [-0.2, 0) is 26.1 Å². The second kappa shape index (κ2) is 8.93. The van der Waals surface area contributed by atoms with Crippen LogP contribution in [0, 0.1) is 0 Å². The van der Waals surface area contributed by atoms with E-state index < -0.39 is 16.0 Å². The molecule has 0 aliphatic carbocycles. The zero-order valence-electron chi connectivity index (χ0n) is 14.5. The number of sulfonamides is 1. The first kappa shape index (κ1) is 20.1. The molecule has 26 heavy (non-hydrogen) atoms. The third kappa shape index (κ3) is 5.38.